The summed E-state index contributed by atoms with van der Waals surface area (Å²) in [6.07, 6.45) is 0. The van der Waals surface area contributed by atoms with Crippen molar-refractivity contribution < 1.29 is 4.92 Å². The van der Waals surface area contributed by atoms with E-state index in [1.807, 2.05) is 19.1 Å². The van der Waals surface area contributed by atoms with Crippen LogP contribution in [0.3, 0.4) is 0 Å². The Kier molecular flexibility index (Phi) is 3.19. The zero-order chi connectivity index (χ0) is 10.9. The molecule has 0 atom stereocenters. The first kappa shape index (κ1) is 11.5. The quantitative estimate of drug-likeness (QED) is 0.478. The molecular formula is C10H15NO2Sn. The molecule has 0 saturated heterocycles. The van der Waals surface area contributed by atoms with E-state index in [0.717, 1.165) is 9.14 Å². The average Bonchev–Trinajstić information content (AvgIpc) is 2.01. The van der Waals surface area contributed by atoms with Crippen molar-refractivity contribution in [2.75, 3.05) is 0 Å². The van der Waals surface area contributed by atoms with Gasteiger partial charge in [-0.3, -0.25) is 0 Å². The standard InChI is InChI=1S/C7H6NO2.3CH3.Sn/c1-6-3-2-4-7(5-6)8(9)10;;;;/h2-3,5H,1H3;3*1H3;. The average molecular weight is 300 g/mol. The van der Waals surface area contributed by atoms with Crippen molar-refractivity contribution in [3.05, 3.63) is 33.9 Å². The van der Waals surface area contributed by atoms with Gasteiger partial charge in [-0.25, -0.2) is 0 Å². The third-order valence-corrected chi connectivity index (χ3v) is 7.98. The topological polar surface area (TPSA) is 43.1 Å². The molecule has 1 aromatic carbocycles. The summed E-state index contributed by atoms with van der Waals surface area (Å²) >= 11 is -2.33. The van der Waals surface area contributed by atoms with Gasteiger partial charge in [-0.2, -0.15) is 0 Å². The molecule has 76 valence electrons. The van der Waals surface area contributed by atoms with Crippen LogP contribution in [0.5, 0.6) is 0 Å². The first-order valence-corrected chi connectivity index (χ1v) is 14.6. The molecule has 0 saturated carbocycles. The van der Waals surface area contributed by atoms with E-state index in [1.54, 1.807) is 6.07 Å². The van der Waals surface area contributed by atoms with E-state index < -0.39 is 18.4 Å². The molecule has 0 aliphatic heterocycles. The predicted octanol–water partition coefficient (Wildman–Crippen LogP) is 2.45. The Morgan fingerprint density at radius 1 is 1.29 bits per heavy atom. The second kappa shape index (κ2) is 3.88. The molecule has 0 fully saturated rings. The second-order valence-corrected chi connectivity index (χ2v) is 18.9. The SMILES string of the molecule is Cc1cc[c]([Sn]([CH3])([CH3])[CH3])c([N+](=O)[O-])c1. The monoisotopic (exact) mass is 301 g/mol. The van der Waals surface area contributed by atoms with Crippen LogP contribution < -0.4 is 3.58 Å². The summed E-state index contributed by atoms with van der Waals surface area (Å²) in [5.41, 5.74) is 1.27. The molecule has 0 heterocycles. The number of benzene rings is 1. The van der Waals surface area contributed by atoms with E-state index in [4.69, 9.17) is 0 Å². The van der Waals surface area contributed by atoms with E-state index in [0.29, 0.717) is 5.69 Å². The zero-order valence-corrected chi connectivity index (χ0v) is 11.8. The van der Waals surface area contributed by atoms with Gasteiger partial charge in [0.15, 0.2) is 0 Å². The van der Waals surface area contributed by atoms with Gasteiger partial charge in [0.05, 0.1) is 0 Å². The molecule has 0 bridgehead atoms. The molecule has 3 nitrogen and oxygen atoms in total. The van der Waals surface area contributed by atoms with E-state index >= 15 is 0 Å². The number of hydrogen-bond acceptors (Lipinski definition) is 2. The Labute approximate surface area is 88.2 Å². The van der Waals surface area contributed by atoms with Crippen LogP contribution in [0.25, 0.3) is 0 Å². The van der Waals surface area contributed by atoms with Crippen LogP contribution in [0.1, 0.15) is 5.56 Å². The van der Waals surface area contributed by atoms with Crippen LogP contribution in [0.2, 0.25) is 14.8 Å². The van der Waals surface area contributed by atoms with Crippen LogP contribution in [0.4, 0.5) is 5.69 Å². The van der Waals surface area contributed by atoms with Crippen molar-refractivity contribution in [2.24, 2.45) is 0 Å². The summed E-state index contributed by atoms with van der Waals surface area (Å²) in [4.78, 5) is 17.2. The number of nitrogens with zero attached hydrogens (tertiary/aromatic N) is 1. The minimum atomic E-state index is -2.33. The van der Waals surface area contributed by atoms with Crippen molar-refractivity contribution in [3.8, 4) is 0 Å². The molecule has 0 spiro atoms. The van der Waals surface area contributed by atoms with Gasteiger partial charge < -0.3 is 0 Å². The fourth-order valence-corrected chi connectivity index (χ4v) is 5.75. The van der Waals surface area contributed by atoms with E-state index in [9.17, 15) is 10.1 Å². The molecule has 4 heteroatoms. The van der Waals surface area contributed by atoms with Crippen molar-refractivity contribution in [2.45, 2.75) is 21.7 Å². The maximum absolute atomic E-state index is 10.9. The van der Waals surface area contributed by atoms with E-state index in [-0.39, 0.29) is 4.92 Å². The Morgan fingerprint density at radius 3 is 2.29 bits per heavy atom. The molecule has 0 aliphatic carbocycles. The summed E-state index contributed by atoms with van der Waals surface area (Å²) in [6.45, 7) is 1.88. The second-order valence-electron chi connectivity index (χ2n) is 4.53. The molecular weight excluding hydrogens is 285 g/mol. The molecule has 0 aromatic heterocycles. The Bertz CT molecular complexity index is 369. The van der Waals surface area contributed by atoms with Crippen molar-refractivity contribution >= 4 is 27.6 Å². The Balaban J connectivity index is 3.37. The van der Waals surface area contributed by atoms with Gasteiger partial charge in [-0.05, 0) is 0 Å². The predicted molar refractivity (Wildman–Crippen MR) is 60.8 cm³/mol. The van der Waals surface area contributed by atoms with Crippen molar-refractivity contribution in [3.63, 3.8) is 0 Å². The number of hydrogen-bond donors (Lipinski definition) is 0. The molecule has 1 aromatic rings. The fourth-order valence-electron chi connectivity index (χ4n) is 1.43. The van der Waals surface area contributed by atoms with Crippen LogP contribution >= 0.6 is 0 Å². The summed E-state index contributed by atoms with van der Waals surface area (Å²) in [6, 6.07) is 5.57. The number of nitro groups is 1. The van der Waals surface area contributed by atoms with Crippen molar-refractivity contribution in [1.82, 2.24) is 0 Å². The summed E-state index contributed by atoms with van der Waals surface area (Å²) < 4.78 is 0.995. The van der Waals surface area contributed by atoms with Crippen LogP contribution in [-0.2, 0) is 0 Å². The number of aryl methyl sites for hydroxylation is 1. The molecule has 14 heavy (non-hydrogen) atoms. The molecule has 1 rings (SSSR count). The normalized spacial score (nSPS) is 11.4. The first-order chi connectivity index (χ1) is 6.32. The van der Waals surface area contributed by atoms with Gasteiger partial charge in [-0.1, -0.05) is 0 Å². The van der Waals surface area contributed by atoms with Gasteiger partial charge in [0, 0.05) is 0 Å². The molecule has 0 unspecified atom stereocenters. The summed E-state index contributed by atoms with van der Waals surface area (Å²) in [5.74, 6) is 0. The summed E-state index contributed by atoms with van der Waals surface area (Å²) in [5, 5.41) is 10.9. The fraction of sp³-hybridized carbons (Fsp3) is 0.400. The van der Waals surface area contributed by atoms with Crippen LogP contribution in [0.15, 0.2) is 18.2 Å². The van der Waals surface area contributed by atoms with Gasteiger partial charge in [-0.15, -0.1) is 0 Å². The van der Waals surface area contributed by atoms with Gasteiger partial charge in [0.2, 0.25) is 0 Å². The maximum atomic E-state index is 10.9. The minimum absolute atomic E-state index is 0.259. The van der Waals surface area contributed by atoms with E-state index in [1.165, 1.54) is 0 Å². The van der Waals surface area contributed by atoms with Gasteiger partial charge >= 0.3 is 88.2 Å². The Morgan fingerprint density at radius 2 is 1.86 bits per heavy atom. The third kappa shape index (κ3) is 2.47. The molecule has 0 N–H and O–H groups in total. The van der Waals surface area contributed by atoms with Gasteiger partial charge in [0.25, 0.3) is 0 Å². The first-order valence-electron chi connectivity index (χ1n) is 4.58. The van der Waals surface area contributed by atoms with E-state index in [2.05, 4.69) is 14.8 Å². The van der Waals surface area contributed by atoms with Crippen LogP contribution in [0, 0.1) is 17.0 Å². The number of nitro benzene ring substituents is 1. The molecule has 0 amide bonds. The zero-order valence-electron chi connectivity index (χ0n) is 9.00. The molecule has 0 radical (unpaired) electrons. The third-order valence-electron chi connectivity index (χ3n) is 2.16. The summed E-state index contributed by atoms with van der Waals surface area (Å²) in [7, 11) is 0. The van der Waals surface area contributed by atoms with Crippen LogP contribution in [-0.4, -0.2) is 23.3 Å². The molecule has 0 aliphatic rings. The Hall–Kier alpha value is -0.581. The number of rotatable bonds is 2. The van der Waals surface area contributed by atoms with Crippen molar-refractivity contribution in [1.29, 1.82) is 0 Å². The van der Waals surface area contributed by atoms with Gasteiger partial charge in [0.1, 0.15) is 0 Å².